The molecule has 0 bridgehead atoms. The minimum absolute atomic E-state index is 0.0419. The number of carbonyl (C=O) groups excluding carboxylic acids is 1. The van der Waals surface area contributed by atoms with E-state index in [0.717, 1.165) is 22.5 Å². The third-order valence-electron chi connectivity index (χ3n) is 3.92. The predicted octanol–water partition coefficient (Wildman–Crippen LogP) is 4.01. The number of hydrogen-bond donors (Lipinski definition) is 1. The lowest BCUT2D eigenvalue weighted by Gasteiger charge is -2.28. The minimum atomic E-state index is 0.0419. The molecular weight excluding hydrogens is 290 g/mol. The van der Waals surface area contributed by atoms with Crippen LogP contribution in [-0.4, -0.2) is 12.5 Å². The molecule has 1 aliphatic rings. The lowest BCUT2D eigenvalue weighted by Crippen LogP contribution is -2.33. The van der Waals surface area contributed by atoms with Crippen LogP contribution in [0.25, 0.3) is 0 Å². The second-order valence-corrected chi connectivity index (χ2v) is 6.15. The first-order chi connectivity index (χ1) is 8.66. The fourth-order valence-corrected chi connectivity index (χ4v) is 2.89. The summed E-state index contributed by atoms with van der Waals surface area (Å²) in [4.78, 5) is 12.0. The number of carbonyl (C=O) groups is 1. The first kappa shape index (κ1) is 13.6. The molecule has 2 nitrogen and oxygen atoms in total. The molecule has 0 aliphatic heterocycles. The standard InChI is InChI=1S/C15H20BrNO/c1-11-4-2-3-5-13(11)10-17-15(18)12-6-8-14(16)9-7-12/h6-9,11,13H,2-5,10H2,1H3,(H,17,18). The molecule has 1 fully saturated rings. The maximum atomic E-state index is 12.0. The van der Waals surface area contributed by atoms with Crippen molar-refractivity contribution in [2.45, 2.75) is 32.6 Å². The van der Waals surface area contributed by atoms with Crippen LogP contribution in [0.1, 0.15) is 43.0 Å². The number of nitrogens with one attached hydrogen (secondary N) is 1. The van der Waals surface area contributed by atoms with Gasteiger partial charge in [0, 0.05) is 16.6 Å². The van der Waals surface area contributed by atoms with Gasteiger partial charge in [-0.05, 0) is 42.5 Å². The Kier molecular flexibility index (Phi) is 4.81. The van der Waals surface area contributed by atoms with Gasteiger partial charge in [-0.25, -0.2) is 0 Å². The summed E-state index contributed by atoms with van der Waals surface area (Å²) in [6, 6.07) is 7.50. The molecule has 18 heavy (non-hydrogen) atoms. The molecule has 2 unspecified atom stereocenters. The first-order valence-corrected chi connectivity index (χ1v) is 7.50. The molecule has 0 aromatic heterocycles. The van der Waals surface area contributed by atoms with Crippen molar-refractivity contribution >= 4 is 21.8 Å². The Bertz CT molecular complexity index is 401. The third-order valence-corrected chi connectivity index (χ3v) is 4.45. The van der Waals surface area contributed by atoms with E-state index in [9.17, 15) is 4.79 Å². The minimum Gasteiger partial charge on any atom is -0.352 e. The van der Waals surface area contributed by atoms with Crippen LogP contribution in [0.5, 0.6) is 0 Å². The van der Waals surface area contributed by atoms with E-state index in [0.29, 0.717) is 5.92 Å². The van der Waals surface area contributed by atoms with Gasteiger partial charge in [-0.3, -0.25) is 4.79 Å². The van der Waals surface area contributed by atoms with Crippen LogP contribution >= 0.6 is 15.9 Å². The fourth-order valence-electron chi connectivity index (χ4n) is 2.62. The van der Waals surface area contributed by atoms with Gasteiger partial charge in [0.15, 0.2) is 0 Å². The van der Waals surface area contributed by atoms with E-state index in [-0.39, 0.29) is 5.91 Å². The summed E-state index contributed by atoms with van der Waals surface area (Å²) in [6.07, 6.45) is 5.21. The Morgan fingerprint density at radius 3 is 2.61 bits per heavy atom. The Balaban J connectivity index is 1.86. The van der Waals surface area contributed by atoms with Crippen LogP contribution in [-0.2, 0) is 0 Å². The number of benzene rings is 1. The second-order valence-electron chi connectivity index (χ2n) is 5.24. The first-order valence-electron chi connectivity index (χ1n) is 6.70. The molecule has 0 radical (unpaired) electrons. The monoisotopic (exact) mass is 309 g/mol. The van der Waals surface area contributed by atoms with Gasteiger partial charge >= 0.3 is 0 Å². The Hall–Kier alpha value is -0.830. The van der Waals surface area contributed by atoms with Crippen LogP contribution in [0.4, 0.5) is 0 Å². The van der Waals surface area contributed by atoms with Crippen molar-refractivity contribution in [2.24, 2.45) is 11.8 Å². The molecule has 2 atom stereocenters. The van der Waals surface area contributed by atoms with Gasteiger partial charge in [-0.15, -0.1) is 0 Å². The summed E-state index contributed by atoms with van der Waals surface area (Å²) in [5, 5.41) is 3.06. The molecule has 2 rings (SSSR count). The molecule has 1 aliphatic carbocycles. The summed E-state index contributed by atoms with van der Waals surface area (Å²) >= 11 is 3.37. The summed E-state index contributed by atoms with van der Waals surface area (Å²) in [5.41, 5.74) is 0.738. The van der Waals surface area contributed by atoms with Gasteiger partial charge < -0.3 is 5.32 Å². The normalized spacial score (nSPS) is 23.7. The topological polar surface area (TPSA) is 29.1 Å². The molecule has 0 heterocycles. The maximum absolute atomic E-state index is 12.0. The smallest absolute Gasteiger partial charge is 0.251 e. The van der Waals surface area contributed by atoms with Gasteiger partial charge in [-0.2, -0.15) is 0 Å². The Morgan fingerprint density at radius 2 is 1.94 bits per heavy atom. The van der Waals surface area contributed by atoms with Crippen molar-refractivity contribution in [3.05, 3.63) is 34.3 Å². The van der Waals surface area contributed by atoms with Crippen molar-refractivity contribution in [3.63, 3.8) is 0 Å². The summed E-state index contributed by atoms with van der Waals surface area (Å²) < 4.78 is 1.000. The van der Waals surface area contributed by atoms with Crippen molar-refractivity contribution in [1.29, 1.82) is 0 Å². The van der Waals surface area contributed by atoms with Crippen LogP contribution in [0, 0.1) is 11.8 Å². The lowest BCUT2D eigenvalue weighted by molar-refractivity contribution is 0.0936. The van der Waals surface area contributed by atoms with Crippen molar-refractivity contribution < 1.29 is 4.79 Å². The van der Waals surface area contributed by atoms with Crippen LogP contribution in [0.3, 0.4) is 0 Å². The maximum Gasteiger partial charge on any atom is 0.251 e. The average molecular weight is 310 g/mol. The van der Waals surface area contributed by atoms with Crippen LogP contribution < -0.4 is 5.32 Å². The highest BCUT2D eigenvalue weighted by Crippen LogP contribution is 2.28. The zero-order chi connectivity index (χ0) is 13.0. The van der Waals surface area contributed by atoms with Gasteiger partial charge in [-0.1, -0.05) is 42.1 Å². The lowest BCUT2D eigenvalue weighted by atomic mass is 9.80. The van der Waals surface area contributed by atoms with E-state index in [1.807, 2.05) is 24.3 Å². The van der Waals surface area contributed by atoms with E-state index in [1.165, 1.54) is 25.7 Å². The van der Waals surface area contributed by atoms with E-state index in [1.54, 1.807) is 0 Å². The highest BCUT2D eigenvalue weighted by Gasteiger charge is 2.21. The van der Waals surface area contributed by atoms with Gasteiger partial charge in [0.2, 0.25) is 0 Å². The van der Waals surface area contributed by atoms with Crippen molar-refractivity contribution in [2.75, 3.05) is 6.54 Å². The van der Waals surface area contributed by atoms with Gasteiger partial charge in [0.25, 0.3) is 5.91 Å². The summed E-state index contributed by atoms with van der Waals surface area (Å²) in [7, 11) is 0. The fraction of sp³-hybridized carbons (Fsp3) is 0.533. The summed E-state index contributed by atoms with van der Waals surface area (Å²) in [6.45, 7) is 3.12. The second kappa shape index (κ2) is 6.37. The molecule has 98 valence electrons. The quantitative estimate of drug-likeness (QED) is 0.898. The molecule has 1 N–H and O–H groups in total. The SMILES string of the molecule is CC1CCCCC1CNC(=O)c1ccc(Br)cc1. The molecule has 1 aromatic carbocycles. The number of rotatable bonds is 3. The van der Waals surface area contributed by atoms with Crippen LogP contribution in [0.15, 0.2) is 28.7 Å². The van der Waals surface area contributed by atoms with Crippen LogP contribution in [0.2, 0.25) is 0 Å². The third kappa shape index (κ3) is 3.58. The molecular formula is C15H20BrNO. The van der Waals surface area contributed by atoms with E-state index >= 15 is 0 Å². The number of halogens is 1. The highest BCUT2D eigenvalue weighted by atomic mass is 79.9. The largest absolute Gasteiger partial charge is 0.352 e. The molecule has 0 saturated heterocycles. The van der Waals surface area contributed by atoms with Gasteiger partial charge in [0.1, 0.15) is 0 Å². The Labute approximate surface area is 117 Å². The zero-order valence-electron chi connectivity index (χ0n) is 10.8. The highest BCUT2D eigenvalue weighted by molar-refractivity contribution is 9.10. The molecule has 1 amide bonds. The van der Waals surface area contributed by atoms with Crippen molar-refractivity contribution in [3.8, 4) is 0 Å². The molecule has 1 saturated carbocycles. The number of hydrogen-bond acceptors (Lipinski definition) is 1. The average Bonchev–Trinajstić information content (AvgIpc) is 2.38. The Morgan fingerprint density at radius 1 is 1.28 bits per heavy atom. The summed E-state index contributed by atoms with van der Waals surface area (Å²) in [5.74, 6) is 1.43. The van der Waals surface area contributed by atoms with Crippen molar-refractivity contribution in [1.82, 2.24) is 5.32 Å². The molecule has 1 aromatic rings. The van der Waals surface area contributed by atoms with Gasteiger partial charge in [0.05, 0.1) is 0 Å². The van der Waals surface area contributed by atoms with E-state index < -0.39 is 0 Å². The zero-order valence-corrected chi connectivity index (χ0v) is 12.4. The molecule has 0 spiro atoms. The van der Waals surface area contributed by atoms with E-state index in [4.69, 9.17) is 0 Å². The predicted molar refractivity (Wildman–Crippen MR) is 77.6 cm³/mol. The number of amides is 1. The molecule has 3 heteroatoms. The van der Waals surface area contributed by atoms with E-state index in [2.05, 4.69) is 28.2 Å².